The van der Waals surface area contributed by atoms with E-state index in [0.717, 1.165) is 66.1 Å². The summed E-state index contributed by atoms with van der Waals surface area (Å²) in [4.78, 5) is 23.0. The molecule has 5 heteroatoms. The summed E-state index contributed by atoms with van der Waals surface area (Å²) >= 11 is 0. The lowest BCUT2D eigenvalue weighted by Gasteiger charge is -2.16. The number of aromatic nitrogens is 2. The van der Waals surface area contributed by atoms with E-state index in [4.69, 9.17) is 4.74 Å². The average Bonchev–Trinajstić information content (AvgIpc) is 3.51. The molecule has 1 aliphatic heterocycles. The summed E-state index contributed by atoms with van der Waals surface area (Å²) in [5.41, 5.74) is 7.22. The Morgan fingerprint density at radius 2 is 1.42 bits per heavy atom. The lowest BCUT2D eigenvalue weighted by molar-refractivity contribution is 0.0768. The predicted octanol–water partition coefficient (Wildman–Crippen LogP) is 6.12. The Kier molecular flexibility index (Phi) is 3.68. The molecule has 0 bridgehead atoms. The van der Waals surface area contributed by atoms with Crippen LogP contribution in [0.1, 0.15) is 21.5 Å². The van der Waals surface area contributed by atoms with Crippen molar-refractivity contribution in [2.45, 2.75) is 13.1 Å². The van der Waals surface area contributed by atoms with Crippen LogP contribution in [0.2, 0.25) is 0 Å². The number of rotatable bonds is 3. The quantitative estimate of drug-likeness (QED) is 0.355. The van der Waals surface area contributed by atoms with Gasteiger partial charge in [-0.05, 0) is 35.4 Å². The molecule has 0 fully saturated rings. The van der Waals surface area contributed by atoms with Crippen molar-refractivity contribution in [3.05, 3.63) is 89.5 Å². The first-order valence-electron chi connectivity index (χ1n) is 11.1. The Morgan fingerprint density at radius 3 is 2.09 bits per heavy atom. The van der Waals surface area contributed by atoms with Gasteiger partial charge in [-0.15, -0.1) is 0 Å². The number of ether oxygens (including phenoxy) is 1. The number of methoxy groups -OCH3 is 1. The second kappa shape index (κ2) is 6.62. The number of amides is 1. The Labute approximate surface area is 189 Å². The zero-order valence-electron chi connectivity index (χ0n) is 18.1. The number of carbonyl (C=O) groups excluding carboxylic acids is 1. The van der Waals surface area contributed by atoms with E-state index in [1.807, 2.05) is 47.4 Å². The van der Waals surface area contributed by atoms with Crippen LogP contribution in [0.15, 0.2) is 72.8 Å². The minimum absolute atomic E-state index is 0.0859. The number of nitrogens with zero attached hydrogens (tertiary/aromatic N) is 1. The molecule has 5 nitrogen and oxygen atoms in total. The number of carbonyl (C=O) groups is 1. The summed E-state index contributed by atoms with van der Waals surface area (Å²) in [6, 6.07) is 24.5. The molecule has 0 aliphatic carbocycles. The van der Waals surface area contributed by atoms with E-state index >= 15 is 0 Å². The molecule has 0 radical (unpaired) electrons. The molecule has 33 heavy (non-hydrogen) atoms. The fourth-order valence-electron chi connectivity index (χ4n) is 5.40. The van der Waals surface area contributed by atoms with Crippen LogP contribution in [0.3, 0.4) is 0 Å². The first kappa shape index (κ1) is 18.3. The molecule has 160 valence electrons. The van der Waals surface area contributed by atoms with E-state index in [-0.39, 0.29) is 5.91 Å². The van der Waals surface area contributed by atoms with Gasteiger partial charge in [0, 0.05) is 45.7 Å². The monoisotopic (exact) mass is 431 g/mol. The van der Waals surface area contributed by atoms with E-state index in [1.165, 1.54) is 0 Å². The molecule has 0 spiro atoms. The molecule has 0 atom stereocenters. The van der Waals surface area contributed by atoms with Gasteiger partial charge >= 0.3 is 0 Å². The molecular formula is C28H21N3O2. The Balaban J connectivity index is 1.50. The second-order valence-electron chi connectivity index (χ2n) is 8.70. The van der Waals surface area contributed by atoms with Gasteiger partial charge < -0.3 is 19.6 Å². The van der Waals surface area contributed by atoms with Crippen molar-refractivity contribution < 1.29 is 9.53 Å². The predicted molar refractivity (Wildman–Crippen MR) is 132 cm³/mol. The van der Waals surface area contributed by atoms with Gasteiger partial charge in [-0.1, -0.05) is 48.5 Å². The lowest BCUT2D eigenvalue weighted by atomic mass is 9.97. The highest BCUT2D eigenvalue weighted by atomic mass is 16.5. The standard InChI is InChI=1S/C28H21N3O2/c1-33-17-12-10-16(11-13-17)14-31-15-20-23-18-6-2-4-8-21(18)29-26(23)27-24(25(20)28(31)32)19-7-3-5-9-22(19)30-27/h2-13,29-30H,14-15H2,1H3. The normalized spacial score (nSPS) is 13.6. The van der Waals surface area contributed by atoms with Crippen LogP contribution in [0.25, 0.3) is 43.6 Å². The maximum atomic E-state index is 13.9. The number of benzene rings is 4. The van der Waals surface area contributed by atoms with Crippen molar-refractivity contribution in [2.24, 2.45) is 0 Å². The van der Waals surface area contributed by atoms with Crippen LogP contribution in [-0.2, 0) is 13.1 Å². The molecular weight excluding hydrogens is 410 g/mol. The van der Waals surface area contributed by atoms with Crippen molar-refractivity contribution in [2.75, 3.05) is 7.11 Å². The van der Waals surface area contributed by atoms with Crippen LogP contribution < -0.4 is 4.74 Å². The van der Waals surface area contributed by atoms with Crippen LogP contribution in [-0.4, -0.2) is 27.9 Å². The van der Waals surface area contributed by atoms with E-state index in [0.29, 0.717) is 13.1 Å². The molecule has 7 rings (SSSR count). The SMILES string of the molecule is COc1ccc(CN2Cc3c(c4c5ccccc5[nH]c4c4[nH]c5ccccc5c34)C2=O)cc1. The minimum Gasteiger partial charge on any atom is -0.497 e. The van der Waals surface area contributed by atoms with Gasteiger partial charge in [0.15, 0.2) is 0 Å². The number of hydrogen-bond donors (Lipinski definition) is 2. The fraction of sp³-hybridized carbons (Fsp3) is 0.107. The summed E-state index contributed by atoms with van der Waals surface area (Å²) in [6.07, 6.45) is 0. The van der Waals surface area contributed by atoms with Gasteiger partial charge in [0.25, 0.3) is 5.91 Å². The Hall–Kier alpha value is -4.25. The number of nitrogens with one attached hydrogen (secondary N) is 2. The third kappa shape index (κ3) is 2.50. The maximum Gasteiger partial charge on any atom is 0.255 e. The largest absolute Gasteiger partial charge is 0.497 e. The molecule has 2 aromatic heterocycles. The summed E-state index contributed by atoms with van der Waals surface area (Å²) in [7, 11) is 1.66. The number of H-pyrrole nitrogens is 2. The van der Waals surface area contributed by atoms with E-state index < -0.39 is 0 Å². The highest BCUT2D eigenvalue weighted by Crippen LogP contribution is 2.43. The zero-order valence-corrected chi connectivity index (χ0v) is 18.1. The number of para-hydroxylation sites is 2. The van der Waals surface area contributed by atoms with E-state index in [2.05, 4.69) is 40.3 Å². The fourth-order valence-corrected chi connectivity index (χ4v) is 5.40. The first-order valence-corrected chi connectivity index (χ1v) is 11.1. The molecule has 0 unspecified atom stereocenters. The summed E-state index contributed by atoms with van der Waals surface area (Å²) in [6.45, 7) is 1.15. The molecule has 0 saturated heterocycles. The molecule has 6 aromatic rings. The van der Waals surface area contributed by atoms with Crippen LogP contribution in [0.4, 0.5) is 0 Å². The van der Waals surface area contributed by atoms with Gasteiger partial charge in [0.2, 0.25) is 0 Å². The van der Waals surface area contributed by atoms with Crippen molar-refractivity contribution in [1.82, 2.24) is 14.9 Å². The van der Waals surface area contributed by atoms with Gasteiger partial charge in [-0.25, -0.2) is 0 Å². The number of fused-ring (bicyclic) bond motifs is 10. The molecule has 2 N–H and O–H groups in total. The average molecular weight is 431 g/mol. The van der Waals surface area contributed by atoms with E-state index in [1.54, 1.807) is 7.11 Å². The van der Waals surface area contributed by atoms with Crippen molar-refractivity contribution in [3.8, 4) is 5.75 Å². The summed E-state index contributed by atoms with van der Waals surface area (Å²) in [5, 5.41) is 4.40. The van der Waals surface area contributed by atoms with Crippen LogP contribution >= 0.6 is 0 Å². The number of hydrogen-bond acceptors (Lipinski definition) is 2. The van der Waals surface area contributed by atoms with Gasteiger partial charge in [-0.2, -0.15) is 0 Å². The van der Waals surface area contributed by atoms with Crippen LogP contribution in [0.5, 0.6) is 5.75 Å². The third-order valence-corrected chi connectivity index (χ3v) is 6.90. The maximum absolute atomic E-state index is 13.9. The zero-order chi connectivity index (χ0) is 22.1. The molecule has 0 saturated carbocycles. The Morgan fingerprint density at radius 1 is 0.818 bits per heavy atom. The molecule has 1 amide bonds. The summed E-state index contributed by atoms with van der Waals surface area (Å²) in [5.74, 6) is 0.901. The highest BCUT2D eigenvalue weighted by molar-refractivity contribution is 6.30. The second-order valence-corrected chi connectivity index (χ2v) is 8.70. The van der Waals surface area contributed by atoms with Crippen molar-refractivity contribution in [3.63, 3.8) is 0 Å². The molecule has 1 aliphatic rings. The molecule has 3 heterocycles. The van der Waals surface area contributed by atoms with Gasteiger partial charge in [0.05, 0.1) is 23.7 Å². The van der Waals surface area contributed by atoms with Gasteiger partial charge in [0.1, 0.15) is 5.75 Å². The minimum atomic E-state index is 0.0859. The van der Waals surface area contributed by atoms with Crippen molar-refractivity contribution >= 4 is 49.5 Å². The third-order valence-electron chi connectivity index (χ3n) is 6.90. The van der Waals surface area contributed by atoms with E-state index in [9.17, 15) is 4.79 Å². The number of aromatic amines is 2. The smallest absolute Gasteiger partial charge is 0.255 e. The van der Waals surface area contributed by atoms with Gasteiger partial charge in [-0.3, -0.25) is 4.79 Å². The first-order chi connectivity index (χ1) is 16.2. The highest BCUT2D eigenvalue weighted by Gasteiger charge is 2.34. The topological polar surface area (TPSA) is 61.1 Å². The van der Waals surface area contributed by atoms with Crippen molar-refractivity contribution in [1.29, 1.82) is 0 Å². The Bertz CT molecular complexity index is 1720. The lowest BCUT2D eigenvalue weighted by Crippen LogP contribution is -2.23. The molecule has 4 aromatic carbocycles. The van der Waals surface area contributed by atoms with Crippen LogP contribution in [0, 0.1) is 0 Å². The summed E-state index contributed by atoms with van der Waals surface area (Å²) < 4.78 is 5.28.